The van der Waals surface area contributed by atoms with Gasteiger partial charge in [-0.2, -0.15) is 31.3 Å². The van der Waals surface area contributed by atoms with Gasteiger partial charge in [0.1, 0.15) is 11.6 Å². The fraction of sp³-hybridized carbons (Fsp3) is 0.444. The minimum absolute atomic E-state index is 0.132. The molecule has 2 aliphatic rings. The maximum absolute atomic E-state index is 13.7. The van der Waals surface area contributed by atoms with Crippen molar-refractivity contribution in [3.05, 3.63) is 65.0 Å². The van der Waals surface area contributed by atoms with E-state index in [1.807, 2.05) is 0 Å². The van der Waals surface area contributed by atoms with Gasteiger partial charge in [-0.3, -0.25) is 0 Å². The number of aromatic nitrogens is 3. The molecular weight excluding hydrogens is 522 g/mol. The average molecular weight is 551 g/mol. The monoisotopic (exact) mass is 550 g/mol. The minimum Gasteiger partial charge on any atom is -0.355 e. The van der Waals surface area contributed by atoms with E-state index in [1.165, 1.54) is 24.4 Å². The Balaban J connectivity index is 1.50. The molecule has 0 aliphatic carbocycles. The molecule has 0 amide bonds. The number of hydrogen-bond donors (Lipinski definition) is 1. The van der Waals surface area contributed by atoms with E-state index in [9.17, 15) is 26.3 Å². The summed E-state index contributed by atoms with van der Waals surface area (Å²) in [5, 5.41) is 3.16. The van der Waals surface area contributed by atoms with Crippen molar-refractivity contribution in [2.75, 3.05) is 34.8 Å². The van der Waals surface area contributed by atoms with Crippen molar-refractivity contribution in [2.24, 2.45) is 0 Å². The highest BCUT2D eigenvalue weighted by Crippen LogP contribution is 2.37. The number of benzene rings is 1. The Labute approximate surface area is 222 Å². The summed E-state index contributed by atoms with van der Waals surface area (Å²) in [7, 11) is 0. The number of rotatable bonds is 4. The number of piperidine rings is 1. The SMILES string of the molecule is C[C@H]1CCCCN1c1nc2c(c(Nc3ccc(C(F)(F)F)cc3)n1)CCN(c1ncccc1C(F)(F)F)CC2. The third-order valence-electron chi connectivity index (χ3n) is 7.26. The van der Waals surface area contributed by atoms with E-state index in [2.05, 4.69) is 22.1 Å². The van der Waals surface area contributed by atoms with Crippen molar-refractivity contribution >= 4 is 23.3 Å². The molecule has 39 heavy (non-hydrogen) atoms. The Bertz CT molecular complexity index is 1310. The minimum atomic E-state index is -4.55. The Morgan fingerprint density at radius 1 is 0.872 bits per heavy atom. The molecular formula is C27H28F6N6. The lowest BCUT2D eigenvalue weighted by molar-refractivity contribution is -0.138. The molecule has 1 fully saturated rings. The van der Waals surface area contributed by atoms with Gasteiger partial charge in [0.2, 0.25) is 5.95 Å². The molecule has 0 spiro atoms. The van der Waals surface area contributed by atoms with Crippen LogP contribution in [0.3, 0.4) is 0 Å². The zero-order valence-electron chi connectivity index (χ0n) is 21.3. The average Bonchev–Trinajstić information content (AvgIpc) is 3.11. The molecule has 2 aliphatic heterocycles. The van der Waals surface area contributed by atoms with Gasteiger partial charge in [0, 0.05) is 49.5 Å². The zero-order valence-corrected chi connectivity index (χ0v) is 21.3. The van der Waals surface area contributed by atoms with Gasteiger partial charge in [0.15, 0.2) is 0 Å². The molecule has 1 N–H and O–H groups in total. The molecule has 0 bridgehead atoms. The third kappa shape index (κ3) is 5.89. The molecule has 2 aromatic heterocycles. The fourth-order valence-electron chi connectivity index (χ4n) is 5.17. The molecule has 0 radical (unpaired) electrons. The van der Waals surface area contributed by atoms with Crippen LogP contribution in [0.1, 0.15) is 48.6 Å². The summed E-state index contributed by atoms with van der Waals surface area (Å²) >= 11 is 0. The second-order valence-electron chi connectivity index (χ2n) is 9.90. The number of nitrogens with one attached hydrogen (secondary N) is 1. The van der Waals surface area contributed by atoms with Gasteiger partial charge in [-0.25, -0.2) is 9.97 Å². The van der Waals surface area contributed by atoms with Crippen molar-refractivity contribution in [1.82, 2.24) is 15.0 Å². The molecule has 208 valence electrons. The number of hydrogen-bond acceptors (Lipinski definition) is 6. The standard InChI is InChI=1S/C27H28F6N6/c1-17-5-2-3-14-39(17)25-36-22-12-16-38(24-21(27(31,32)33)6-4-13-34-24)15-11-20(22)23(37-25)35-19-9-7-18(8-10-19)26(28,29)30/h4,6-10,13,17H,2-3,5,11-12,14-16H2,1H3,(H,35,36,37)/t17-/m0/s1. The molecule has 3 aromatic rings. The van der Waals surface area contributed by atoms with Crippen LogP contribution in [0.15, 0.2) is 42.6 Å². The predicted octanol–water partition coefficient (Wildman–Crippen LogP) is 6.64. The van der Waals surface area contributed by atoms with Crippen LogP contribution in [0.2, 0.25) is 0 Å². The zero-order chi connectivity index (χ0) is 27.8. The summed E-state index contributed by atoms with van der Waals surface area (Å²) in [6.45, 7) is 3.39. The summed E-state index contributed by atoms with van der Waals surface area (Å²) in [4.78, 5) is 17.4. The van der Waals surface area contributed by atoms with Crippen LogP contribution in [0.4, 0.5) is 49.6 Å². The Hall–Kier alpha value is -3.57. The van der Waals surface area contributed by atoms with E-state index in [-0.39, 0.29) is 24.9 Å². The maximum Gasteiger partial charge on any atom is 0.419 e. The molecule has 1 saturated heterocycles. The topological polar surface area (TPSA) is 57.2 Å². The number of pyridine rings is 1. The molecule has 1 atom stereocenters. The maximum atomic E-state index is 13.7. The molecule has 0 unspecified atom stereocenters. The number of halogens is 6. The van der Waals surface area contributed by atoms with Crippen LogP contribution in [-0.2, 0) is 25.2 Å². The lowest BCUT2D eigenvalue weighted by Gasteiger charge is -2.34. The van der Waals surface area contributed by atoms with Gasteiger partial charge in [-0.1, -0.05) is 0 Å². The largest absolute Gasteiger partial charge is 0.419 e. The van der Waals surface area contributed by atoms with Crippen LogP contribution in [-0.4, -0.2) is 40.6 Å². The number of fused-ring (bicyclic) bond motifs is 1. The summed E-state index contributed by atoms with van der Waals surface area (Å²) in [6.07, 6.45) is -3.89. The van der Waals surface area contributed by atoms with E-state index in [0.29, 0.717) is 36.0 Å². The highest BCUT2D eigenvalue weighted by Gasteiger charge is 2.36. The smallest absolute Gasteiger partial charge is 0.355 e. The highest BCUT2D eigenvalue weighted by molar-refractivity contribution is 5.63. The van der Waals surface area contributed by atoms with Crippen LogP contribution in [0, 0.1) is 0 Å². The fourth-order valence-corrected chi connectivity index (χ4v) is 5.17. The molecule has 5 rings (SSSR count). The molecule has 0 saturated carbocycles. The Morgan fingerprint density at radius 3 is 2.31 bits per heavy atom. The summed E-state index contributed by atoms with van der Waals surface area (Å²) in [5.74, 6) is 0.831. The van der Waals surface area contributed by atoms with Crippen molar-refractivity contribution < 1.29 is 26.3 Å². The first-order valence-corrected chi connectivity index (χ1v) is 12.9. The van der Waals surface area contributed by atoms with Gasteiger partial charge in [0.05, 0.1) is 16.8 Å². The van der Waals surface area contributed by atoms with Crippen molar-refractivity contribution in [3.8, 4) is 0 Å². The molecule has 4 heterocycles. The lowest BCUT2D eigenvalue weighted by Crippen LogP contribution is -2.39. The first kappa shape index (κ1) is 27.0. The first-order valence-electron chi connectivity index (χ1n) is 12.9. The van der Waals surface area contributed by atoms with Crippen molar-refractivity contribution in [3.63, 3.8) is 0 Å². The van der Waals surface area contributed by atoms with Crippen LogP contribution in [0.5, 0.6) is 0 Å². The number of anilines is 4. The van der Waals surface area contributed by atoms with Crippen LogP contribution < -0.4 is 15.1 Å². The van der Waals surface area contributed by atoms with E-state index >= 15 is 0 Å². The van der Waals surface area contributed by atoms with Gasteiger partial charge >= 0.3 is 12.4 Å². The van der Waals surface area contributed by atoms with E-state index in [0.717, 1.165) is 49.6 Å². The van der Waals surface area contributed by atoms with E-state index in [1.54, 1.807) is 4.90 Å². The Morgan fingerprint density at radius 2 is 1.62 bits per heavy atom. The van der Waals surface area contributed by atoms with Crippen molar-refractivity contribution in [1.29, 1.82) is 0 Å². The summed E-state index contributed by atoms with van der Waals surface area (Å²) in [5.41, 5.74) is 0.304. The normalized spacial score (nSPS) is 18.5. The third-order valence-corrected chi connectivity index (χ3v) is 7.26. The summed E-state index contributed by atoms with van der Waals surface area (Å²) in [6, 6.07) is 7.17. The molecule has 1 aromatic carbocycles. The second kappa shape index (κ2) is 10.5. The lowest BCUT2D eigenvalue weighted by atomic mass is 10.0. The molecule has 12 heteroatoms. The molecule has 6 nitrogen and oxygen atoms in total. The van der Waals surface area contributed by atoms with E-state index in [4.69, 9.17) is 9.97 Å². The van der Waals surface area contributed by atoms with Crippen LogP contribution in [0.25, 0.3) is 0 Å². The number of nitrogens with zero attached hydrogens (tertiary/aromatic N) is 5. The van der Waals surface area contributed by atoms with E-state index < -0.39 is 23.5 Å². The van der Waals surface area contributed by atoms with Gasteiger partial charge in [0.25, 0.3) is 0 Å². The van der Waals surface area contributed by atoms with Crippen LogP contribution >= 0.6 is 0 Å². The predicted molar refractivity (Wildman–Crippen MR) is 136 cm³/mol. The van der Waals surface area contributed by atoms with Gasteiger partial charge < -0.3 is 15.1 Å². The summed E-state index contributed by atoms with van der Waals surface area (Å²) < 4.78 is 80.3. The second-order valence-corrected chi connectivity index (χ2v) is 9.90. The van der Waals surface area contributed by atoms with Gasteiger partial charge in [-0.05, 0) is 69.0 Å². The number of alkyl halides is 6. The van der Waals surface area contributed by atoms with Crippen molar-refractivity contribution in [2.45, 2.75) is 57.4 Å². The Kier molecular flexibility index (Phi) is 7.30. The highest BCUT2D eigenvalue weighted by atomic mass is 19.4. The quantitative estimate of drug-likeness (QED) is 0.368. The van der Waals surface area contributed by atoms with Gasteiger partial charge in [-0.15, -0.1) is 0 Å². The first-order chi connectivity index (χ1) is 18.5.